The smallest absolute Gasteiger partial charge is 0.306 e. The number of aliphatic carboxylic acids is 1. The van der Waals surface area contributed by atoms with E-state index in [0.717, 1.165) is 12.8 Å². The summed E-state index contributed by atoms with van der Waals surface area (Å²) < 4.78 is 13.4. The van der Waals surface area contributed by atoms with E-state index >= 15 is 0 Å². The highest BCUT2D eigenvalue weighted by atomic mass is 19.1. The fraction of sp³-hybridized carbons (Fsp3) is 0.357. The lowest BCUT2D eigenvalue weighted by Crippen LogP contribution is -2.17. The SMILES string of the molecule is C=CCCCC(Cc1ccccc1F)C(=O)O. The Morgan fingerprint density at radius 2 is 2.18 bits per heavy atom. The summed E-state index contributed by atoms with van der Waals surface area (Å²) in [5, 5.41) is 9.08. The van der Waals surface area contributed by atoms with Gasteiger partial charge in [-0.2, -0.15) is 0 Å². The molecule has 0 spiro atoms. The van der Waals surface area contributed by atoms with Gasteiger partial charge in [-0.25, -0.2) is 4.39 Å². The van der Waals surface area contributed by atoms with Crippen LogP contribution in [0.5, 0.6) is 0 Å². The molecule has 0 bridgehead atoms. The standard InChI is InChI=1S/C14H17FO2/c1-2-3-4-8-12(14(16)17)10-11-7-5-6-9-13(11)15/h2,5-7,9,12H,1,3-4,8,10H2,(H,16,17). The lowest BCUT2D eigenvalue weighted by atomic mass is 9.94. The Kier molecular flexibility index (Phi) is 5.40. The van der Waals surface area contributed by atoms with Crippen molar-refractivity contribution >= 4 is 5.97 Å². The van der Waals surface area contributed by atoms with Crippen molar-refractivity contribution in [1.29, 1.82) is 0 Å². The molecular weight excluding hydrogens is 219 g/mol. The molecule has 0 aliphatic rings. The van der Waals surface area contributed by atoms with Crippen LogP contribution in [0.25, 0.3) is 0 Å². The molecule has 1 aromatic rings. The Balaban J connectivity index is 2.63. The maximum atomic E-state index is 13.4. The molecule has 1 rings (SSSR count). The molecule has 0 aliphatic carbocycles. The van der Waals surface area contributed by atoms with E-state index in [0.29, 0.717) is 12.0 Å². The number of unbranched alkanes of at least 4 members (excludes halogenated alkanes) is 1. The first kappa shape index (κ1) is 13.4. The van der Waals surface area contributed by atoms with Crippen molar-refractivity contribution in [1.82, 2.24) is 0 Å². The molecule has 17 heavy (non-hydrogen) atoms. The number of allylic oxidation sites excluding steroid dienone is 1. The second-order valence-corrected chi connectivity index (χ2v) is 4.05. The molecule has 0 fully saturated rings. The summed E-state index contributed by atoms with van der Waals surface area (Å²) in [6.45, 7) is 3.59. The Labute approximate surface area is 101 Å². The third-order valence-corrected chi connectivity index (χ3v) is 2.73. The first-order valence-corrected chi connectivity index (χ1v) is 5.72. The number of hydrogen-bond donors (Lipinski definition) is 1. The lowest BCUT2D eigenvalue weighted by Gasteiger charge is -2.12. The maximum Gasteiger partial charge on any atom is 0.306 e. The van der Waals surface area contributed by atoms with Gasteiger partial charge in [0.1, 0.15) is 5.82 Å². The van der Waals surface area contributed by atoms with E-state index in [1.165, 1.54) is 6.07 Å². The van der Waals surface area contributed by atoms with Gasteiger partial charge in [-0.3, -0.25) is 4.79 Å². The van der Waals surface area contributed by atoms with Crippen molar-refractivity contribution in [3.05, 3.63) is 48.3 Å². The van der Waals surface area contributed by atoms with E-state index in [2.05, 4.69) is 6.58 Å². The molecule has 1 aromatic carbocycles. The molecule has 0 saturated heterocycles. The summed E-state index contributed by atoms with van der Waals surface area (Å²) in [6, 6.07) is 6.32. The van der Waals surface area contributed by atoms with Crippen molar-refractivity contribution < 1.29 is 14.3 Å². The number of rotatable bonds is 7. The molecule has 0 aliphatic heterocycles. The van der Waals surface area contributed by atoms with Gasteiger partial charge in [0.25, 0.3) is 0 Å². The Morgan fingerprint density at radius 1 is 1.47 bits per heavy atom. The molecule has 0 radical (unpaired) electrons. The van der Waals surface area contributed by atoms with Crippen LogP contribution in [0.15, 0.2) is 36.9 Å². The topological polar surface area (TPSA) is 37.3 Å². The average molecular weight is 236 g/mol. The number of carboxylic acids is 1. The number of hydrogen-bond acceptors (Lipinski definition) is 1. The van der Waals surface area contributed by atoms with Gasteiger partial charge in [-0.1, -0.05) is 24.3 Å². The zero-order chi connectivity index (χ0) is 12.7. The predicted octanol–water partition coefficient (Wildman–Crippen LogP) is 3.43. The zero-order valence-corrected chi connectivity index (χ0v) is 9.73. The van der Waals surface area contributed by atoms with E-state index in [-0.39, 0.29) is 12.2 Å². The van der Waals surface area contributed by atoms with Gasteiger partial charge in [-0.05, 0) is 37.3 Å². The number of benzene rings is 1. The fourth-order valence-corrected chi connectivity index (χ4v) is 1.75. The van der Waals surface area contributed by atoms with Gasteiger partial charge in [0, 0.05) is 0 Å². The van der Waals surface area contributed by atoms with E-state index in [9.17, 15) is 9.18 Å². The minimum Gasteiger partial charge on any atom is -0.481 e. The number of carboxylic acid groups (broad SMARTS) is 1. The van der Waals surface area contributed by atoms with Crippen LogP contribution in [0.1, 0.15) is 24.8 Å². The van der Waals surface area contributed by atoms with Crippen LogP contribution in [-0.4, -0.2) is 11.1 Å². The molecule has 1 atom stereocenters. The van der Waals surface area contributed by atoms with Gasteiger partial charge in [-0.15, -0.1) is 6.58 Å². The van der Waals surface area contributed by atoms with Crippen molar-refractivity contribution in [2.75, 3.05) is 0 Å². The van der Waals surface area contributed by atoms with Gasteiger partial charge in [0.2, 0.25) is 0 Å². The van der Waals surface area contributed by atoms with Crippen molar-refractivity contribution in [3.8, 4) is 0 Å². The zero-order valence-electron chi connectivity index (χ0n) is 9.73. The van der Waals surface area contributed by atoms with Gasteiger partial charge >= 0.3 is 5.97 Å². The minimum absolute atomic E-state index is 0.249. The summed E-state index contributed by atoms with van der Waals surface area (Å²) in [5.41, 5.74) is 0.471. The second kappa shape index (κ2) is 6.84. The van der Waals surface area contributed by atoms with Gasteiger partial charge in [0.05, 0.1) is 5.92 Å². The molecule has 0 saturated carbocycles. The molecule has 3 heteroatoms. The van der Waals surface area contributed by atoms with Crippen molar-refractivity contribution in [2.45, 2.75) is 25.7 Å². The van der Waals surface area contributed by atoms with Crippen molar-refractivity contribution in [3.63, 3.8) is 0 Å². The molecule has 0 aromatic heterocycles. The molecule has 1 N–H and O–H groups in total. The van der Waals surface area contributed by atoms with Gasteiger partial charge < -0.3 is 5.11 Å². The average Bonchev–Trinajstić information content (AvgIpc) is 2.30. The van der Waals surface area contributed by atoms with Gasteiger partial charge in [0.15, 0.2) is 0 Å². The third-order valence-electron chi connectivity index (χ3n) is 2.73. The molecule has 1 unspecified atom stereocenters. The first-order chi connectivity index (χ1) is 8.15. The summed E-state index contributed by atoms with van der Waals surface area (Å²) in [5.74, 6) is -1.72. The highest BCUT2D eigenvalue weighted by Crippen LogP contribution is 2.18. The van der Waals surface area contributed by atoms with E-state index in [1.54, 1.807) is 24.3 Å². The molecular formula is C14H17FO2. The van der Waals surface area contributed by atoms with Crippen LogP contribution in [-0.2, 0) is 11.2 Å². The van der Waals surface area contributed by atoms with Crippen molar-refractivity contribution in [2.24, 2.45) is 5.92 Å². The van der Waals surface area contributed by atoms with E-state index in [4.69, 9.17) is 5.11 Å². The fourth-order valence-electron chi connectivity index (χ4n) is 1.75. The second-order valence-electron chi connectivity index (χ2n) is 4.05. The van der Waals surface area contributed by atoms with Crippen LogP contribution in [0.3, 0.4) is 0 Å². The summed E-state index contributed by atoms with van der Waals surface area (Å²) in [4.78, 5) is 11.1. The monoisotopic (exact) mass is 236 g/mol. The highest BCUT2D eigenvalue weighted by Gasteiger charge is 2.18. The summed E-state index contributed by atoms with van der Waals surface area (Å²) in [7, 11) is 0. The van der Waals surface area contributed by atoms with Crippen LogP contribution < -0.4 is 0 Å². The van der Waals surface area contributed by atoms with Crippen LogP contribution in [0.2, 0.25) is 0 Å². The summed E-state index contributed by atoms with van der Waals surface area (Å²) >= 11 is 0. The van der Waals surface area contributed by atoms with Crippen LogP contribution in [0.4, 0.5) is 4.39 Å². The Morgan fingerprint density at radius 3 is 2.76 bits per heavy atom. The maximum absolute atomic E-state index is 13.4. The highest BCUT2D eigenvalue weighted by molar-refractivity contribution is 5.70. The Hall–Kier alpha value is -1.64. The lowest BCUT2D eigenvalue weighted by molar-refractivity contribution is -0.142. The first-order valence-electron chi connectivity index (χ1n) is 5.72. The minimum atomic E-state index is -0.864. The van der Waals surface area contributed by atoms with E-state index < -0.39 is 11.9 Å². The largest absolute Gasteiger partial charge is 0.481 e. The summed E-state index contributed by atoms with van der Waals surface area (Å²) in [6.07, 6.45) is 4.13. The Bertz CT molecular complexity index is 388. The van der Waals surface area contributed by atoms with Crippen LogP contribution >= 0.6 is 0 Å². The normalized spacial score (nSPS) is 12.1. The third kappa shape index (κ3) is 4.39. The quantitative estimate of drug-likeness (QED) is 0.581. The van der Waals surface area contributed by atoms with E-state index in [1.807, 2.05) is 0 Å². The predicted molar refractivity (Wildman–Crippen MR) is 65.3 cm³/mol. The number of halogens is 1. The molecule has 92 valence electrons. The molecule has 2 nitrogen and oxygen atoms in total. The van der Waals surface area contributed by atoms with Crippen LogP contribution in [0, 0.1) is 11.7 Å². The molecule has 0 amide bonds. The number of carbonyl (C=O) groups is 1. The molecule has 0 heterocycles.